The first kappa shape index (κ1) is 15.9. The Morgan fingerprint density at radius 3 is 2.52 bits per heavy atom. The van der Waals surface area contributed by atoms with Crippen molar-refractivity contribution in [1.29, 1.82) is 0 Å². The van der Waals surface area contributed by atoms with Gasteiger partial charge in [-0.1, -0.05) is 48.0 Å². The zero-order valence-corrected chi connectivity index (χ0v) is 14.1. The maximum Gasteiger partial charge on any atom is 0.120 e. The van der Waals surface area contributed by atoms with Crippen LogP contribution in [0.5, 0.6) is 5.75 Å². The van der Waals surface area contributed by atoms with Crippen LogP contribution in [-0.4, -0.2) is 17.1 Å². The summed E-state index contributed by atoms with van der Waals surface area (Å²) in [6.07, 6.45) is 0. The van der Waals surface area contributed by atoms with Crippen LogP contribution < -0.4 is 0 Å². The van der Waals surface area contributed by atoms with E-state index in [0.717, 1.165) is 12.1 Å². The van der Waals surface area contributed by atoms with E-state index in [2.05, 4.69) is 61.3 Å². The van der Waals surface area contributed by atoms with Crippen molar-refractivity contribution in [2.75, 3.05) is 7.05 Å². The number of nitrogens with zero attached hydrogens (tertiary/aromatic N) is 1. The first-order valence-electron chi connectivity index (χ1n) is 7.71. The second-order valence-electron chi connectivity index (χ2n) is 5.98. The number of aromatic hydroxyl groups is 1. The van der Waals surface area contributed by atoms with Crippen molar-refractivity contribution in [2.24, 2.45) is 0 Å². The number of rotatable bonds is 4. The molecule has 1 atom stereocenters. The van der Waals surface area contributed by atoms with Gasteiger partial charge in [0.15, 0.2) is 0 Å². The van der Waals surface area contributed by atoms with Crippen molar-refractivity contribution in [3.05, 3.63) is 76.8 Å². The van der Waals surface area contributed by atoms with Gasteiger partial charge < -0.3 is 5.11 Å². The van der Waals surface area contributed by atoms with Crippen molar-refractivity contribution in [1.82, 2.24) is 4.90 Å². The highest BCUT2D eigenvalue weighted by Crippen LogP contribution is 2.31. The van der Waals surface area contributed by atoms with Crippen molar-refractivity contribution in [3.63, 3.8) is 0 Å². The number of hydrogen-bond acceptors (Lipinski definition) is 2. The normalized spacial score (nSPS) is 12.7. The van der Waals surface area contributed by atoms with Crippen LogP contribution in [0.2, 0.25) is 5.02 Å². The summed E-state index contributed by atoms with van der Waals surface area (Å²) in [7, 11) is 2.06. The molecule has 0 aromatic heterocycles. The average molecular weight is 326 g/mol. The van der Waals surface area contributed by atoms with E-state index in [1.54, 1.807) is 12.1 Å². The molecule has 0 saturated heterocycles. The molecule has 1 unspecified atom stereocenters. The Balaban J connectivity index is 1.81. The molecule has 3 rings (SSSR count). The van der Waals surface area contributed by atoms with Gasteiger partial charge in [0.25, 0.3) is 0 Å². The van der Waals surface area contributed by atoms with Crippen LogP contribution in [0.25, 0.3) is 10.8 Å². The SMILES string of the molecule is CC(c1cc(Cl)ccc1O)N(C)Cc1ccc2ccccc2c1. The maximum absolute atomic E-state index is 10.1. The van der Waals surface area contributed by atoms with Gasteiger partial charge in [-0.2, -0.15) is 0 Å². The van der Waals surface area contributed by atoms with Crippen LogP contribution in [-0.2, 0) is 6.54 Å². The fourth-order valence-electron chi connectivity index (χ4n) is 2.86. The minimum Gasteiger partial charge on any atom is -0.508 e. The smallest absolute Gasteiger partial charge is 0.120 e. The van der Waals surface area contributed by atoms with E-state index >= 15 is 0 Å². The van der Waals surface area contributed by atoms with E-state index in [-0.39, 0.29) is 11.8 Å². The second-order valence-corrected chi connectivity index (χ2v) is 6.41. The van der Waals surface area contributed by atoms with Crippen LogP contribution in [0.4, 0.5) is 0 Å². The van der Waals surface area contributed by atoms with Crippen molar-refractivity contribution < 1.29 is 5.11 Å². The molecule has 0 bridgehead atoms. The van der Waals surface area contributed by atoms with Crippen LogP contribution in [0, 0.1) is 0 Å². The lowest BCUT2D eigenvalue weighted by atomic mass is 10.0. The van der Waals surface area contributed by atoms with Crippen LogP contribution in [0.1, 0.15) is 24.1 Å². The third kappa shape index (κ3) is 3.49. The summed E-state index contributed by atoms with van der Waals surface area (Å²) in [4.78, 5) is 2.20. The molecule has 0 fully saturated rings. The van der Waals surface area contributed by atoms with Gasteiger partial charge in [0.05, 0.1) is 0 Å². The van der Waals surface area contributed by atoms with E-state index < -0.39 is 0 Å². The lowest BCUT2D eigenvalue weighted by Crippen LogP contribution is -2.22. The number of hydrogen-bond donors (Lipinski definition) is 1. The van der Waals surface area contributed by atoms with Gasteiger partial charge in [0.2, 0.25) is 0 Å². The number of benzene rings is 3. The molecule has 0 aliphatic rings. The standard InChI is InChI=1S/C20H20ClNO/c1-14(19-12-18(21)9-10-20(19)23)22(2)13-15-7-8-16-5-3-4-6-17(16)11-15/h3-12,14,23H,13H2,1-2H3. The second kappa shape index (κ2) is 6.61. The Morgan fingerprint density at radius 1 is 1.00 bits per heavy atom. The zero-order chi connectivity index (χ0) is 16.4. The van der Waals surface area contributed by atoms with Crippen LogP contribution in [0.15, 0.2) is 60.7 Å². The van der Waals surface area contributed by atoms with Gasteiger partial charge in [-0.25, -0.2) is 0 Å². The Bertz CT molecular complexity index is 831. The molecular weight excluding hydrogens is 306 g/mol. The van der Waals surface area contributed by atoms with E-state index in [4.69, 9.17) is 11.6 Å². The number of phenols is 1. The fraction of sp³-hybridized carbons (Fsp3) is 0.200. The van der Waals surface area contributed by atoms with Gasteiger partial charge in [0, 0.05) is 23.2 Å². The molecular formula is C20H20ClNO. The predicted molar refractivity (Wildman–Crippen MR) is 96.9 cm³/mol. The highest BCUT2D eigenvalue weighted by atomic mass is 35.5. The summed E-state index contributed by atoms with van der Waals surface area (Å²) >= 11 is 6.06. The fourth-order valence-corrected chi connectivity index (χ4v) is 3.04. The van der Waals surface area contributed by atoms with E-state index in [1.807, 2.05) is 6.07 Å². The minimum absolute atomic E-state index is 0.0696. The summed E-state index contributed by atoms with van der Waals surface area (Å²) in [6, 6.07) is 20.1. The number of phenolic OH excluding ortho intramolecular Hbond substituents is 1. The Kier molecular flexibility index (Phi) is 4.56. The summed E-state index contributed by atoms with van der Waals surface area (Å²) in [5, 5.41) is 13.2. The van der Waals surface area contributed by atoms with Gasteiger partial charge in [-0.15, -0.1) is 0 Å². The molecule has 0 amide bonds. The average Bonchev–Trinajstić information content (AvgIpc) is 2.56. The number of fused-ring (bicyclic) bond motifs is 1. The maximum atomic E-state index is 10.1. The first-order valence-corrected chi connectivity index (χ1v) is 8.09. The summed E-state index contributed by atoms with van der Waals surface area (Å²) in [5.74, 6) is 0.285. The van der Waals surface area contributed by atoms with E-state index in [1.165, 1.54) is 16.3 Å². The van der Waals surface area contributed by atoms with Crippen LogP contribution in [0.3, 0.4) is 0 Å². The molecule has 3 aromatic rings. The molecule has 3 aromatic carbocycles. The van der Waals surface area contributed by atoms with E-state index in [9.17, 15) is 5.11 Å². The Labute approximate surface area is 141 Å². The molecule has 3 heteroatoms. The van der Waals surface area contributed by atoms with Gasteiger partial charge in [0.1, 0.15) is 5.75 Å². The van der Waals surface area contributed by atoms with Gasteiger partial charge >= 0.3 is 0 Å². The van der Waals surface area contributed by atoms with Crippen molar-refractivity contribution in [2.45, 2.75) is 19.5 Å². The minimum atomic E-state index is 0.0696. The Hall–Kier alpha value is -2.03. The third-order valence-electron chi connectivity index (χ3n) is 4.35. The van der Waals surface area contributed by atoms with Gasteiger partial charge in [-0.05, 0) is 54.6 Å². The molecule has 0 aliphatic carbocycles. The molecule has 0 spiro atoms. The number of halogens is 1. The lowest BCUT2D eigenvalue weighted by Gasteiger charge is -2.26. The zero-order valence-electron chi connectivity index (χ0n) is 13.3. The monoisotopic (exact) mass is 325 g/mol. The highest BCUT2D eigenvalue weighted by molar-refractivity contribution is 6.30. The van der Waals surface area contributed by atoms with E-state index in [0.29, 0.717) is 5.02 Å². The molecule has 118 valence electrons. The highest BCUT2D eigenvalue weighted by Gasteiger charge is 2.16. The molecule has 0 radical (unpaired) electrons. The predicted octanol–water partition coefficient (Wildman–Crippen LogP) is 5.39. The van der Waals surface area contributed by atoms with Crippen LogP contribution >= 0.6 is 11.6 Å². The Morgan fingerprint density at radius 2 is 1.74 bits per heavy atom. The van der Waals surface area contributed by atoms with Crippen molar-refractivity contribution in [3.8, 4) is 5.75 Å². The summed E-state index contributed by atoms with van der Waals surface area (Å²) in [6.45, 7) is 2.88. The topological polar surface area (TPSA) is 23.5 Å². The molecule has 1 N–H and O–H groups in total. The molecule has 2 nitrogen and oxygen atoms in total. The molecule has 0 aliphatic heterocycles. The molecule has 0 heterocycles. The third-order valence-corrected chi connectivity index (χ3v) is 4.58. The largest absolute Gasteiger partial charge is 0.508 e. The lowest BCUT2D eigenvalue weighted by molar-refractivity contribution is 0.248. The van der Waals surface area contributed by atoms with Crippen molar-refractivity contribution >= 4 is 22.4 Å². The van der Waals surface area contributed by atoms with Gasteiger partial charge in [-0.3, -0.25) is 4.90 Å². The summed E-state index contributed by atoms with van der Waals surface area (Å²) < 4.78 is 0. The quantitative estimate of drug-likeness (QED) is 0.695. The summed E-state index contributed by atoms with van der Waals surface area (Å²) in [5.41, 5.74) is 2.10. The molecule has 0 saturated carbocycles. The molecule has 23 heavy (non-hydrogen) atoms. The first-order chi connectivity index (χ1) is 11.0.